The average Bonchev–Trinajstić information content (AvgIpc) is 2.62. The summed E-state index contributed by atoms with van der Waals surface area (Å²) in [7, 11) is -1.80. The van der Waals surface area contributed by atoms with Crippen molar-refractivity contribution in [2.75, 3.05) is 46.5 Å². The van der Waals surface area contributed by atoms with Gasteiger partial charge in [-0.2, -0.15) is 4.31 Å². The molecule has 1 atom stereocenters. The van der Waals surface area contributed by atoms with Gasteiger partial charge in [0.15, 0.2) is 0 Å². The molecular weight excluding hydrogens is 384 g/mol. The minimum atomic E-state index is -3.51. The number of hydrogen-bond acceptors (Lipinski definition) is 6. The number of sulfonamides is 1. The molecule has 8 nitrogen and oxygen atoms in total. The minimum absolute atomic E-state index is 0. The predicted octanol–water partition coefficient (Wildman–Crippen LogP) is 0.913. The molecule has 0 radical (unpaired) electrons. The highest BCUT2D eigenvalue weighted by Gasteiger charge is 2.26. The summed E-state index contributed by atoms with van der Waals surface area (Å²) >= 11 is 0. The number of morpholine rings is 1. The number of halogens is 1. The molecule has 0 amide bonds. The van der Waals surface area contributed by atoms with Gasteiger partial charge >= 0.3 is 5.97 Å². The molecule has 1 heterocycles. The summed E-state index contributed by atoms with van der Waals surface area (Å²) in [6.07, 6.45) is 0. The van der Waals surface area contributed by atoms with E-state index < -0.39 is 22.0 Å². The lowest BCUT2D eigenvalue weighted by Gasteiger charge is -2.26. The Morgan fingerprint density at radius 1 is 1.31 bits per heavy atom. The fourth-order valence-electron chi connectivity index (χ4n) is 2.33. The summed E-state index contributed by atoms with van der Waals surface area (Å²) in [5.74, 6) is -0.350. The van der Waals surface area contributed by atoms with E-state index in [1.807, 2.05) is 0 Å². The fourth-order valence-corrected chi connectivity index (χ4v) is 3.74. The lowest BCUT2D eigenvalue weighted by molar-refractivity contribution is -0.142. The van der Waals surface area contributed by atoms with Crippen LogP contribution >= 0.6 is 12.4 Å². The second-order valence-electron chi connectivity index (χ2n) is 5.83. The Balaban J connectivity index is 0.00000338. The molecule has 1 aliphatic heterocycles. The van der Waals surface area contributed by atoms with Crippen molar-refractivity contribution in [3.8, 4) is 5.75 Å². The minimum Gasteiger partial charge on any atom is -0.492 e. The van der Waals surface area contributed by atoms with Crippen LogP contribution < -0.4 is 4.74 Å². The van der Waals surface area contributed by atoms with Gasteiger partial charge in [0.05, 0.1) is 18.1 Å². The Morgan fingerprint density at radius 2 is 1.88 bits per heavy atom. The van der Waals surface area contributed by atoms with Gasteiger partial charge < -0.3 is 14.6 Å². The van der Waals surface area contributed by atoms with Crippen LogP contribution in [0, 0.1) is 0 Å². The van der Waals surface area contributed by atoms with E-state index in [9.17, 15) is 13.2 Å². The quantitative estimate of drug-likeness (QED) is 0.682. The summed E-state index contributed by atoms with van der Waals surface area (Å²) < 4.78 is 37.2. The van der Waals surface area contributed by atoms with Crippen molar-refractivity contribution < 1.29 is 27.8 Å². The zero-order valence-corrected chi connectivity index (χ0v) is 16.5. The molecule has 0 aromatic heterocycles. The Labute approximate surface area is 160 Å². The van der Waals surface area contributed by atoms with Gasteiger partial charge in [0.2, 0.25) is 10.0 Å². The molecule has 1 aromatic carbocycles. The average molecular weight is 409 g/mol. The summed E-state index contributed by atoms with van der Waals surface area (Å²) in [6, 6.07) is 5.65. The molecule has 0 aliphatic carbocycles. The van der Waals surface area contributed by atoms with Crippen molar-refractivity contribution >= 4 is 28.4 Å². The van der Waals surface area contributed by atoms with Crippen molar-refractivity contribution in [3.63, 3.8) is 0 Å². The topological polar surface area (TPSA) is 96.4 Å². The first-order chi connectivity index (χ1) is 11.8. The lowest BCUT2D eigenvalue weighted by Crippen LogP contribution is -2.40. The smallest absolute Gasteiger partial charge is 0.320 e. The highest BCUT2D eigenvalue weighted by molar-refractivity contribution is 7.89. The molecule has 1 aliphatic rings. The third-order valence-electron chi connectivity index (χ3n) is 4.16. The standard InChI is InChI=1S/C16H24N2O6S.ClH/c1-13(16(19)20)17(2)7-12-24-14-3-5-15(6-4-14)25(21,22)18-8-10-23-11-9-18;/h3-6,13H,7-12H2,1-2H3,(H,19,20);1H. The van der Waals surface area contributed by atoms with Gasteiger partial charge in [-0.3, -0.25) is 9.69 Å². The first kappa shape index (κ1) is 22.7. The molecule has 148 valence electrons. The Bertz CT molecular complexity index is 676. The van der Waals surface area contributed by atoms with E-state index in [0.717, 1.165) is 0 Å². The molecule has 1 saturated heterocycles. The van der Waals surface area contributed by atoms with Gasteiger partial charge in [-0.05, 0) is 38.2 Å². The normalized spacial score (nSPS) is 16.7. The third kappa shape index (κ3) is 5.82. The number of hydrogen-bond donors (Lipinski definition) is 1. The second kappa shape index (κ2) is 10.1. The van der Waals surface area contributed by atoms with E-state index in [1.54, 1.807) is 31.0 Å². The first-order valence-electron chi connectivity index (χ1n) is 8.06. The molecule has 26 heavy (non-hydrogen) atoms. The largest absolute Gasteiger partial charge is 0.492 e. The zero-order valence-electron chi connectivity index (χ0n) is 14.8. The van der Waals surface area contributed by atoms with Crippen molar-refractivity contribution in [1.29, 1.82) is 0 Å². The van der Waals surface area contributed by atoms with Gasteiger partial charge in [-0.1, -0.05) is 0 Å². The van der Waals surface area contributed by atoms with Crippen LogP contribution in [0.4, 0.5) is 0 Å². The molecule has 0 spiro atoms. The monoisotopic (exact) mass is 408 g/mol. The Hall–Kier alpha value is -1.39. The Morgan fingerprint density at radius 3 is 2.42 bits per heavy atom. The molecule has 10 heteroatoms. The van der Waals surface area contributed by atoms with E-state index in [0.29, 0.717) is 45.2 Å². The van der Waals surface area contributed by atoms with Crippen LogP contribution in [0.3, 0.4) is 0 Å². The van der Waals surface area contributed by atoms with Crippen LogP contribution in [0.2, 0.25) is 0 Å². The Kier molecular flexibility index (Phi) is 8.78. The maximum Gasteiger partial charge on any atom is 0.320 e. The second-order valence-corrected chi connectivity index (χ2v) is 7.77. The summed E-state index contributed by atoms with van der Waals surface area (Å²) in [4.78, 5) is 12.8. The predicted molar refractivity (Wildman–Crippen MR) is 98.5 cm³/mol. The summed E-state index contributed by atoms with van der Waals surface area (Å²) in [5.41, 5.74) is 0. The van der Waals surface area contributed by atoms with Crippen LogP contribution in [0.15, 0.2) is 29.2 Å². The first-order valence-corrected chi connectivity index (χ1v) is 9.50. The highest BCUT2D eigenvalue weighted by atomic mass is 35.5. The zero-order chi connectivity index (χ0) is 18.4. The number of nitrogens with zero attached hydrogens (tertiary/aromatic N) is 2. The van der Waals surface area contributed by atoms with E-state index in [2.05, 4.69) is 0 Å². The van der Waals surface area contributed by atoms with Crippen LogP contribution in [-0.2, 0) is 19.6 Å². The molecule has 1 N–H and O–H groups in total. The number of benzene rings is 1. The SMILES string of the molecule is CC(C(=O)O)N(C)CCOc1ccc(S(=O)(=O)N2CCOCC2)cc1.Cl. The van der Waals surface area contributed by atoms with E-state index in [1.165, 1.54) is 16.4 Å². The van der Waals surface area contributed by atoms with Gasteiger partial charge in [0.25, 0.3) is 0 Å². The number of rotatable bonds is 8. The van der Waals surface area contributed by atoms with Gasteiger partial charge in [-0.25, -0.2) is 8.42 Å². The van der Waals surface area contributed by atoms with Crippen molar-refractivity contribution in [2.45, 2.75) is 17.9 Å². The van der Waals surface area contributed by atoms with Gasteiger partial charge in [0, 0.05) is 19.6 Å². The summed E-state index contributed by atoms with van der Waals surface area (Å²) in [5, 5.41) is 8.93. The fraction of sp³-hybridized carbons (Fsp3) is 0.562. The van der Waals surface area contributed by atoms with Crippen LogP contribution in [0.25, 0.3) is 0 Å². The molecule has 1 unspecified atom stereocenters. The maximum atomic E-state index is 12.5. The van der Waals surface area contributed by atoms with Gasteiger partial charge in [-0.15, -0.1) is 12.4 Å². The van der Waals surface area contributed by atoms with E-state index in [4.69, 9.17) is 14.6 Å². The van der Waals surface area contributed by atoms with Crippen molar-refractivity contribution in [1.82, 2.24) is 9.21 Å². The lowest BCUT2D eigenvalue weighted by atomic mass is 10.3. The number of aliphatic carboxylic acids is 1. The number of carboxylic acids is 1. The van der Waals surface area contributed by atoms with E-state index >= 15 is 0 Å². The number of ether oxygens (including phenoxy) is 2. The summed E-state index contributed by atoms with van der Waals surface area (Å²) in [6.45, 7) is 3.88. The molecule has 1 fully saturated rings. The number of likely N-dealkylation sites (N-methyl/N-ethyl adjacent to an activating group) is 1. The third-order valence-corrected chi connectivity index (χ3v) is 6.08. The highest BCUT2D eigenvalue weighted by Crippen LogP contribution is 2.20. The molecule has 0 saturated carbocycles. The molecule has 1 aromatic rings. The molecule has 2 rings (SSSR count). The molecule has 0 bridgehead atoms. The number of carbonyl (C=O) groups is 1. The van der Waals surface area contributed by atoms with E-state index in [-0.39, 0.29) is 17.3 Å². The van der Waals surface area contributed by atoms with Crippen LogP contribution in [-0.4, -0.2) is 81.2 Å². The number of carboxylic acid groups (broad SMARTS) is 1. The maximum absolute atomic E-state index is 12.5. The van der Waals surface area contributed by atoms with Crippen LogP contribution in [0.1, 0.15) is 6.92 Å². The van der Waals surface area contributed by atoms with Gasteiger partial charge in [0.1, 0.15) is 18.4 Å². The molecular formula is C16H25ClN2O6S. The van der Waals surface area contributed by atoms with Crippen molar-refractivity contribution in [3.05, 3.63) is 24.3 Å². The van der Waals surface area contributed by atoms with Crippen molar-refractivity contribution in [2.24, 2.45) is 0 Å². The van der Waals surface area contributed by atoms with Crippen LogP contribution in [0.5, 0.6) is 5.75 Å².